The molecule has 2 rings (SSSR count). The molecule has 1 heterocycles. The minimum Gasteiger partial charge on any atom is -0.493 e. The molecular weight excluding hydrogens is 296 g/mol. The predicted molar refractivity (Wildman–Crippen MR) is 72.9 cm³/mol. The molecule has 1 aromatic rings. The molecule has 18 heavy (non-hydrogen) atoms. The maximum atomic E-state index is 11.7. The van der Waals surface area contributed by atoms with Crippen LogP contribution in [0.3, 0.4) is 0 Å². The van der Waals surface area contributed by atoms with Gasteiger partial charge in [-0.15, -0.1) is 0 Å². The number of halogens is 1. The first kappa shape index (κ1) is 13.6. The Balaban J connectivity index is 1.66. The van der Waals surface area contributed by atoms with Crippen molar-refractivity contribution < 1.29 is 14.3 Å². The lowest BCUT2D eigenvalue weighted by atomic mass is 10.1. The van der Waals surface area contributed by atoms with Crippen LogP contribution in [0.25, 0.3) is 0 Å². The van der Waals surface area contributed by atoms with Crippen molar-refractivity contribution >= 4 is 21.7 Å². The third-order valence-corrected chi connectivity index (χ3v) is 3.42. The van der Waals surface area contributed by atoms with E-state index < -0.39 is 0 Å². The summed E-state index contributed by atoms with van der Waals surface area (Å²) in [5.74, 6) is 1.01. The maximum absolute atomic E-state index is 11.7. The Labute approximate surface area is 116 Å². The van der Waals surface area contributed by atoms with Crippen LogP contribution in [-0.2, 0) is 9.53 Å². The molecule has 4 heteroatoms. The number of carbonyl (C=O) groups is 1. The summed E-state index contributed by atoms with van der Waals surface area (Å²) in [4.78, 5) is 11.7. The maximum Gasteiger partial charge on any atom is 0.138 e. The summed E-state index contributed by atoms with van der Waals surface area (Å²) >= 11 is 3.38. The zero-order valence-corrected chi connectivity index (χ0v) is 11.8. The lowest BCUT2D eigenvalue weighted by Gasteiger charge is -2.09. The van der Waals surface area contributed by atoms with Crippen molar-refractivity contribution in [3.05, 3.63) is 28.7 Å². The van der Waals surface area contributed by atoms with E-state index in [4.69, 9.17) is 9.47 Å². The summed E-state index contributed by atoms with van der Waals surface area (Å²) in [6, 6.07) is 7.63. The van der Waals surface area contributed by atoms with Gasteiger partial charge in [-0.2, -0.15) is 0 Å². The number of carbonyl (C=O) groups excluding carboxylic acids is 1. The van der Waals surface area contributed by atoms with E-state index in [0.717, 1.165) is 29.7 Å². The highest BCUT2D eigenvalue weighted by molar-refractivity contribution is 9.10. The van der Waals surface area contributed by atoms with Crippen LogP contribution in [0.1, 0.15) is 25.7 Å². The smallest absolute Gasteiger partial charge is 0.138 e. The molecule has 0 bridgehead atoms. The molecule has 1 fully saturated rings. The zero-order valence-electron chi connectivity index (χ0n) is 10.2. The molecule has 98 valence electrons. The van der Waals surface area contributed by atoms with E-state index in [0.29, 0.717) is 19.4 Å². The van der Waals surface area contributed by atoms with Crippen LogP contribution in [0.4, 0.5) is 0 Å². The highest BCUT2D eigenvalue weighted by Gasteiger charge is 2.18. The monoisotopic (exact) mass is 312 g/mol. The third kappa shape index (κ3) is 4.42. The first-order valence-corrected chi connectivity index (χ1v) is 7.05. The Kier molecular flexibility index (Phi) is 5.20. The van der Waals surface area contributed by atoms with Crippen molar-refractivity contribution in [2.45, 2.75) is 31.8 Å². The van der Waals surface area contributed by atoms with Gasteiger partial charge in [-0.3, -0.25) is 4.79 Å². The Morgan fingerprint density at radius 1 is 1.50 bits per heavy atom. The fourth-order valence-electron chi connectivity index (χ4n) is 2.00. The average molecular weight is 313 g/mol. The SMILES string of the molecule is O=C(CCOc1cccc(Br)c1)CC1CCCO1. The third-order valence-electron chi connectivity index (χ3n) is 2.93. The second kappa shape index (κ2) is 6.90. The van der Waals surface area contributed by atoms with Gasteiger partial charge >= 0.3 is 0 Å². The molecular formula is C14H17BrO3. The molecule has 1 saturated heterocycles. The van der Waals surface area contributed by atoms with E-state index >= 15 is 0 Å². The molecule has 0 spiro atoms. The van der Waals surface area contributed by atoms with Crippen molar-refractivity contribution in [2.75, 3.05) is 13.2 Å². The van der Waals surface area contributed by atoms with Gasteiger partial charge < -0.3 is 9.47 Å². The molecule has 0 saturated carbocycles. The largest absolute Gasteiger partial charge is 0.493 e. The molecule has 1 aliphatic rings. The van der Waals surface area contributed by atoms with Crippen LogP contribution < -0.4 is 4.74 Å². The average Bonchev–Trinajstić information content (AvgIpc) is 2.82. The van der Waals surface area contributed by atoms with Crippen molar-refractivity contribution in [2.24, 2.45) is 0 Å². The molecule has 1 atom stereocenters. The number of hydrogen-bond donors (Lipinski definition) is 0. The van der Waals surface area contributed by atoms with Gasteiger partial charge in [0.25, 0.3) is 0 Å². The topological polar surface area (TPSA) is 35.5 Å². The van der Waals surface area contributed by atoms with Gasteiger partial charge in [0.15, 0.2) is 0 Å². The fraction of sp³-hybridized carbons (Fsp3) is 0.500. The molecule has 0 radical (unpaired) electrons. The van der Waals surface area contributed by atoms with E-state index in [-0.39, 0.29) is 11.9 Å². The summed E-state index contributed by atoms with van der Waals surface area (Å²) < 4.78 is 11.9. The van der Waals surface area contributed by atoms with Gasteiger partial charge in [-0.1, -0.05) is 22.0 Å². The molecule has 0 N–H and O–H groups in total. The van der Waals surface area contributed by atoms with E-state index in [1.807, 2.05) is 24.3 Å². The van der Waals surface area contributed by atoms with Gasteiger partial charge in [0.1, 0.15) is 11.5 Å². The molecule has 1 unspecified atom stereocenters. The van der Waals surface area contributed by atoms with Crippen LogP contribution >= 0.6 is 15.9 Å². The van der Waals surface area contributed by atoms with Gasteiger partial charge in [-0.25, -0.2) is 0 Å². The number of ether oxygens (including phenoxy) is 2. The standard InChI is InChI=1S/C14H17BrO3/c15-11-3-1-4-13(9-11)18-8-6-12(16)10-14-5-2-7-17-14/h1,3-4,9,14H,2,5-8,10H2. The first-order chi connectivity index (χ1) is 8.74. The number of rotatable bonds is 6. The quantitative estimate of drug-likeness (QED) is 0.808. The first-order valence-electron chi connectivity index (χ1n) is 6.26. The summed E-state index contributed by atoms with van der Waals surface area (Å²) in [6.45, 7) is 1.23. The van der Waals surface area contributed by atoms with Crippen molar-refractivity contribution in [3.8, 4) is 5.75 Å². The van der Waals surface area contributed by atoms with Crippen LogP contribution in [0.15, 0.2) is 28.7 Å². The molecule has 1 aliphatic heterocycles. The van der Waals surface area contributed by atoms with Gasteiger partial charge in [0, 0.05) is 23.9 Å². The zero-order chi connectivity index (χ0) is 12.8. The number of ketones is 1. The summed E-state index contributed by atoms with van der Waals surface area (Å²) in [5.41, 5.74) is 0. The van der Waals surface area contributed by atoms with Crippen LogP contribution in [0.2, 0.25) is 0 Å². The fourth-order valence-corrected chi connectivity index (χ4v) is 2.38. The summed E-state index contributed by atoms with van der Waals surface area (Å²) in [6.07, 6.45) is 3.21. The molecule has 0 aliphatic carbocycles. The lowest BCUT2D eigenvalue weighted by molar-refractivity contribution is -0.121. The Morgan fingerprint density at radius 3 is 3.11 bits per heavy atom. The highest BCUT2D eigenvalue weighted by atomic mass is 79.9. The molecule has 0 amide bonds. The van der Waals surface area contributed by atoms with Crippen molar-refractivity contribution in [3.63, 3.8) is 0 Å². The predicted octanol–water partition coefficient (Wildman–Crippen LogP) is 3.36. The minimum absolute atomic E-state index is 0.142. The van der Waals surface area contributed by atoms with E-state index in [9.17, 15) is 4.79 Å². The van der Waals surface area contributed by atoms with Gasteiger partial charge in [0.2, 0.25) is 0 Å². The Bertz CT molecular complexity index is 400. The van der Waals surface area contributed by atoms with Crippen molar-refractivity contribution in [1.29, 1.82) is 0 Å². The number of benzene rings is 1. The summed E-state index contributed by atoms with van der Waals surface area (Å²) in [5, 5.41) is 0. The van der Waals surface area contributed by atoms with E-state index in [1.54, 1.807) is 0 Å². The van der Waals surface area contributed by atoms with Crippen LogP contribution in [0.5, 0.6) is 5.75 Å². The van der Waals surface area contributed by atoms with Gasteiger partial charge in [0.05, 0.1) is 12.7 Å². The van der Waals surface area contributed by atoms with Crippen LogP contribution in [0, 0.1) is 0 Å². The van der Waals surface area contributed by atoms with E-state index in [2.05, 4.69) is 15.9 Å². The Hall–Kier alpha value is -0.870. The number of hydrogen-bond acceptors (Lipinski definition) is 3. The minimum atomic E-state index is 0.142. The molecule has 3 nitrogen and oxygen atoms in total. The Morgan fingerprint density at radius 2 is 2.39 bits per heavy atom. The molecule has 1 aromatic carbocycles. The van der Waals surface area contributed by atoms with Crippen molar-refractivity contribution in [1.82, 2.24) is 0 Å². The normalized spacial score (nSPS) is 18.8. The van der Waals surface area contributed by atoms with Gasteiger partial charge in [-0.05, 0) is 31.0 Å². The second-order valence-electron chi connectivity index (χ2n) is 4.43. The highest BCUT2D eigenvalue weighted by Crippen LogP contribution is 2.19. The molecule has 0 aromatic heterocycles. The summed E-state index contributed by atoms with van der Waals surface area (Å²) in [7, 11) is 0. The van der Waals surface area contributed by atoms with Crippen LogP contribution in [-0.4, -0.2) is 25.1 Å². The lowest BCUT2D eigenvalue weighted by Crippen LogP contribution is -2.14. The van der Waals surface area contributed by atoms with E-state index in [1.165, 1.54) is 0 Å². The second-order valence-corrected chi connectivity index (χ2v) is 5.35. The number of Topliss-reactive ketones (excluding diaryl/α,β-unsaturated/α-hetero) is 1.